The Kier molecular flexibility index (Phi) is 7.46. The van der Waals surface area contributed by atoms with E-state index in [1.807, 2.05) is 0 Å². The van der Waals surface area contributed by atoms with Gasteiger partial charge in [-0.3, -0.25) is 0 Å². The van der Waals surface area contributed by atoms with Crippen molar-refractivity contribution < 1.29 is 42.1 Å². The van der Waals surface area contributed by atoms with Gasteiger partial charge in [-0.2, -0.15) is 13.2 Å². The van der Waals surface area contributed by atoms with Crippen molar-refractivity contribution >= 4 is 18.0 Å². The molecule has 2 aromatic rings. The van der Waals surface area contributed by atoms with Crippen LogP contribution in [-0.4, -0.2) is 37.4 Å². The highest BCUT2D eigenvalue weighted by Crippen LogP contribution is 2.29. The van der Waals surface area contributed by atoms with Crippen LogP contribution in [0.15, 0.2) is 48.5 Å². The lowest BCUT2D eigenvalue weighted by Gasteiger charge is -2.14. The summed E-state index contributed by atoms with van der Waals surface area (Å²) in [7, 11) is 2.89. The van der Waals surface area contributed by atoms with Crippen molar-refractivity contribution in [2.75, 3.05) is 14.2 Å². The Hall–Kier alpha value is -3.49. The predicted molar refractivity (Wildman–Crippen MR) is 101 cm³/mol. The van der Waals surface area contributed by atoms with Crippen LogP contribution in [0.2, 0.25) is 0 Å². The van der Waals surface area contributed by atoms with Gasteiger partial charge in [0.2, 0.25) is 6.10 Å². The molecule has 1 N–H and O–H groups in total. The second kappa shape index (κ2) is 9.82. The van der Waals surface area contributed by atoms with Gasteiger partial charge in [0, 0.05) is 12.5 Å². The van der Waals surface area contributed by atoms with Crippen molar-refractivity contribution in [1.82, 2.24) is 0 Å². The molecule has 1 atom stereocenters. The van der Waals surface area contributed by atoms with Crippen molar-refractivity contribution in [1.29, 1.82) is 0 Å². The summed E-state index contributed by atoms with van der Waals surface area (Å²) < 4.78 is 52.9. The van der Waals surface area contributed by atoms with E-state index in [0.717, 1.165) is 18.2 Å². The predicted octanol–water partition coefficient (Wildman–Crippen LogP) is 3.97. The van der Waals surface area contributed by atoms with Gasteiger partial charge in [0.1, 0.15) is 0 Å². The van der Waals surface area contributed by atoms with Crippen LogP contribution in [0, 0.1) is 0 Å². The standard InChI is InChI=1S/C21H19F3O6/c1-28-16-9-5-14(11-17(16)29-2)12-18(20(26)27)30-19(25)10-6-13-3-7-15(8-4-13)21(22,23)24/h3-11,18H,12H2,1-2H3,(H,26,27)/b10-6+. The Morgan fingerprint density at radius 2 is 1.67 bits per heavy atom. The van der Waals surface area contributed by atoms with E-state index in [1.165, 1.54) is 32.4 Å². The van der Waals surface area contributed by atoms with Crippen molar-refractivity contribution in [2.24, 2.45) is 0 Å². The molecule has 0 aromatic heterocycles. The molecule has 0 spiro atoms. The number of carbonyl (C=O) groups is 2. The van der Waals surface area contributed by atoms with Crippen molar-refractivity contribution in [2.45, 2.75) is 18.7 Å². The fourth-order valence-electron chi connectivity index (χ4n) is 2.53. The van der Waals surface area contributed by atoms with Crippen molar-refractivity contribution in [3.63, 3.8) is 0 Å². The van der Waals surface area contributed by atoms with Crippen LogP contribution in [0.5, 0.6) is 11.5 Å². The molecular weight excluding hydrogens is 405 g/mol. The Bertz CT molecular complexity index is 919. The van der Waals surface area contributed by atoms with Crippen molar-refractivity contribution in [3.8, 4) is 11.5 Å². The van der Waals surface area contributed by atoms with Crippen LogP contribution >= 0.6 is 0 Å². The van der Waals surface area contributed by atoms with Gasteiger partial charge in [-0.15, -0.1) is 0 Å². The smallest absolute Gasteiger partial charge is 0.416 e. The van der Waals surface area contributed by atoms with Gasteiger partial charge in [-0.25, -0.2) is 9.59 Å². The molecule has 30 heavy (non-hydrogen) atoms. The van der Waals surface area contributed by atoms with E-state index in [9.17, 15) is 27.9 Å². The molecular formula is C21H19F3O6. The molecule has 2 rings (SSSR count). The Labute approximate surface area is 170 Å². The Balaban J connectivity index is 2.05. The maximum Gasteiger partial charge on any atom is 0.416 e. The maximum atomic E-state index is 12.6. The summed E-state index contributed by atoms with van der Waals surface area (Å²) >= 11 is 0. The fourth-order valence-corrected chi connectivity index (χ4v) is 2.53. The Morgan fingerprint density at radius 3 is 2.20 bits per heavy atom. The number of ether oxygens (including phenoxy) is 3. The topological polar surface area (TPSA) is 82.1 Å². The molecule has 160 valence electrons. The number of benzene rings is 2. The first kappa shape index (κ1) is 22.8. The van der Waals surface area contributed by atoms with Gasteiger partial charge < -0.3 is 19.3 Å². The molecule has 0 aliphatic carbocycles. The van der Waals surface area contributed by atoms with Gasteiger partial charge in [0.05, 0.1) is 19.8 Å². The zero-order valence-corrected chi connectivity index (χ0v) is 16.1. The lowest BCUT2D eigenvalue weighted by atomic mass is 10.1. The number of alkyl halides is 3. The lowest BCUT2D eigenvalue weighted by Crippen LogP contribution is -2.28. The third-order valence-corrected chi connectivity index (χ3v) is 4.05. The van der Waals surface area contributed by atoms with Gasteiger partial charge in [-0.1, -0.05) is 18.2 Å². The molecule has 2 aromatic carbocycles. The van der Waals surface area contributed by atoms with Crippen LogP contribution in [0.4, 0.5) is 13.2 Å². The number of hydrogen-bond acceptors (Lipinski definition) is 5. The van der Waals surface area contributed by atoms with Crippen LogP contribution in [-0.2, 0) is 26.9 Å². The first-order valence-corrected chi connectivity index (χ1v) is 8.63. The van der Waals surface area contributed by atoms with Gasteiger partial charge in [0.15, 0.2) is 11.5 Å². The number of carboxylic acid groups (broad SMARTS) is 1. The summed E-state index contributed by atoms with van der Waals surface area (Å²) in [5, 5.41) is 9.34. The van der Waals surface area contributed by atoms with E-state index in [4.69, 9.17) is 14.2 Å². The molecule has 0 aliphatic rings. The molecule has 1 unspecified atom stereocenters. The second-order valence-corrected chi connectivity index (χ2v) is 6.11. The SMILES string of the molecule is COc1ccc(CC(OC(=O)/C=C/c2ccc(C(F)(F)F)cc2)C(=O)O)cc1OC. The van der Waals surface area contributed by atoms with Crippen LogP contribution in [0.1, 0.15) is 16.7 Å². The molecule has 9 heteroatoms. The minimum absolute atomic E-state index is 0.116. The van der Waals surface area contributed by atoms with Gasteiger partial charge >= 0.3 is 18.1 Å². The third kappa shape index (κ3) is 6.26. The number of methoxy groups -OCH3 is 2. The molecule has 0 heterocycles. The quantitative estimate of drug-likeness (QED) is 0.510. The lowest BCUT2D eigenvalue weighted by molar-refractivity contribution is -0.160. The largest absolute Gasteiger partial charge is 0.493 e. The van der Waals surface area contributed by atoms with Crippen LogP contribution in [0.3, 0.4) is 0 Å². The van der Waals surface area contributed by atoms with Crippen LogP contribution in [0.25, 0.3) is 6.08 Å². The van der Waals surface area contributed by atoms with E-state index >= 15 is 0 Å². The number of rotatable bonds is 8. The van der Waals surface area contributed by atoms with E-state index in [0.29, 0.717) is 22.6 Å². The molecule has 0 saturated heterocycles. The molecule has 0 radical (unpaired) electrons. The van der Waals surface area contributed by atoms with E-state index in [1.54, 1.807) is 18.2 Å². The highest BCUT2D eigenvalue weighted by molar-refractivity contribution is 5.89. The average molecular weight is 424 g/mol. The fraction of sp³-hybridized carbons (Fsp3) is 0.238. The summed E-state index contributed by atoms with van der Waals surface area (Å²) in [5.41, 5.74) is 0.0503. The summed E-state index contributed by atoms with van der Waals surface area (Å²) in [4.78, 5) is 23.4. The normalized spacial score (nSPS) is 12.4. The number of carboxylic acids is 1. The number of halogens is 3. The van der Waals surface area contributed by atoms with E-state index < -0.39 is 29.8 Å². The van der Waals surface area contributed by atoms with E-state index in [2.05, 4.69) is 0 Å². The highest BCUT2D eigenvalue weighted by atomic mass is 19.4. The monoisotopic (exact) mass is 424 g/mol. The molecule has 0 fully saturated rings. The number of hydrogen-bond donors (Lipinski definition) is 1. The first-order valence-electron chi connectivity index (χ1n) is 8.63. The summed E-state index contributed by atoms with van der Waals surface area (Å²) in [6, 6.07) is 8.91. The zero-order chi connectivity index (χ0) is 22.3. The summed E-state index contributed by atoms with van der Waals surface area (Å²) in [6.45, 7) is 0. The third-order valence-electron chi connectivity index (χ3n) is 4.05. The molecule has 0 aliphatic heterocycles. The highest BCUT2D eigenvalue weighted by Gasteiger charge is 2.29. The average Bonchev–Trinajstić information content (AvgIpc) is 2.71. The summed E-state index contributed by atoms with van der Waals surface area (Å²) in [5.74, 6) is -1.43. The summed E-state index contributed by atoms with van der Waals surface area (Å²) in [6.07, 6.45) is -3.85. The maximum absolute atomic E-state index is 12.6. The van der Waals surface area contributed by atoms with Gasteiger partial charge in [-0.05, 0) is 41.5 Å². The molecule has 6 nitrogen and oxygen atoms in total. The zero-order valence-electron chi connectivity index (χ0n) is 16.1. The molecule has 0 saturated carbocycles. The van der Waals surface area contributed by atoms with Gasteiger partial charge in [0.25, 0.3) is 0 Å². The number of carbonyl (C=O) groups excluding carboxylic acids is 1. The van der Waals surface area contributed by atoms with E-state index in [-0.39, 0.29) is 6.42 Å². The molecule has 0 bridgehead atoms. The molecule has 0 amide bonds. The second-order valence-electron chi connectivity index (χ2n) is 6.11. The van der Waals surface area contributed by atoms with Crippen LogP contribution < -0.4 is 9.47 Å². The Morgan fingerprint density at radius 1 is 1.03 bits per heavy atom. The minimum atomic E-state index is -4.46. The number of esters is 1. The minimum Gasteiger partial charge on any atom is -0.493 e. The van der Waals surface area contributed by atoms with Crippen molar-refractivity contribution in [3.05, 3.63) is 65.2 Å². The number of aliphatic carboxylic acids is 1. The first-order chi connectivity index (χ1) is 14.1.